The van der Waals surface area contributed by atoms with Crippen molar-refractivity contribution < 1.29 is 10.0 Å². The van der Waals surface area contributed by atoms with E-state index in [1.165, 1.54) is 6.07 Å². The molecule has 0 atom stereocenters. The van der Waals surface area contributed by atoms with Gasteiger partial charge in [0.1, 0.15) is 0 Å². The molecule has 1 heterocycles. The third kappa shape index (κ3) is 5.08. The van der Waals surface area contributed by atoms with E-state index < -0.39 is 0 Å². The molecule has 2 N–H and O–H groups in total. The van der Waals surface area contributed by atoms with Crippen LogP contribution in [0.3, 0.4) is 0 Å². The number of likely N-dealkylation sites (tertiary alicyclic amines) is 1. The zero-order chi connectivity index (χ0) is 15.1. The number of nitrogens with zero attached hydrogens (tertiary/aromatic N) is 2. The Morgan fingerprint density at radius 3 is 2.76 bits per heavy atom. The number of piperidine rings is 1. The van der Waals surface area contributed by atoms with Crippen molar-refractivity contribution in [3.63, 3.8) is 0 Å². The summed E-state index contributed by atoms with van der Waals surface area (Å²) in [4.78, 5) is 12.9. The maximum absolute atomic E-state index is 10.9. The van der Waals surface area contributed by atoms with E-state index in [9.17, 15) is 15.2 Å². The molecule has 2 rings (SSSR count). The SMILES string of the molecule is O=[N+]([O-])c1ccccc1CNCCCN1CCC(O)CC1. The van der Waals surface area contributed by atoms with Crippen LogP contribution in [0.15, 0.2) is 24.3 Å². The van der Waals surface area contributed by atoms with Gasteiger partial charge in [0, 0.05) is 31.3 Å². The quantitative estimate of drug-likeness (QED) is 0.453. The molecule has 1 saturated heterocycles. The van der Waals surface area contributed by atoms with E-state index in [2.05, 4.69) is 10.2 Å². The number of nitrogens with one attached hydrogen (secondary N) is 1. The number of rotatable bonds is 7. The number of nitro benzene ring substituents is 1. The zero-order valence-electron chi connectivity index (χ0n) is 12.2. The van der Waals surface area contributed by atoms with Crippen molar-refractivity contribution in [2.45, 2.75) is 31.9 Å². The second-order valence-electron chi connectivity index (χ2n) is 5.49. The van der Waals surface area contributed by atoms with Crippen molar-refractivity contribution in [1.82, 2.24) is 10.2 Å². The molecule has 1 aromatic carbocycles. The Kier molecular flexibility index (Phi) is 6.10. The molecule has 21 heavy (non-hydrogen) atoms. The highest BCUT2D eigenvalue weighted by Gasteiger charge is 2.16. The lowest BCUT2D eigenvalue weighted by Gasteiger charge is -2.29. The van der Waals surface area contributed by atoms with Gasteiger partial charge in [-0.25, -0.2) is 0 Å². The van der Waals surface area contributed by atoms with Crippen molar-refractivity contribution in [3.05, 3.63) is 39.9 Å². The Bertz CT molecular complexity index is 459. The van der Waals surface area contributed by atoms with Crippen LogP contribution >= 0.6 is 0 Å². The van der Waals surface area contributed by atoms with Gasteiger partial charge < -0.3 is 15.3 Å². The minimum Gasteiger partial charge on any atom is -0.393 e. The van der Waals surface area contributed by atoms with Crippen LogP contribution in [-0.2, 0) is 6.54 Å². The lowest BCUT2D eigenvalue weighted by Crippen LogP contribution is -2.37. The second kappa shape index (κ2) is 8.07. The van der Waals surface area contributed by atoms with E-state index in [1.54, 1.807) is 12.1 Å². The summed E-state index contributed by atoms with van der Waals surface area (Å²) in [7, 11) is 0. The number of hydrogen-bond donors (Lipinski definition) is 2. The highest BCUT2D eigenvalue weighted by atomic mass is 16.6. The molecule has 0 unspecified atom stereocenters. The highest BCUT2D eigenvalue weighted by molar-refractivity contribution is 5.39. The summed E-state index contributed by atoms with van der Waals surface area (Å²) >= 11 is 0. The fraction of sp³-hybridized carbons (Fsp3) is 0.600. The molecule has 1 fully saturated rings. The van der Waals surface area contributed by atoms with Gasteiger partial charge in [0.05, 0.1) is 11.0 Å². The van der Waals surface area contributed by atoms with E-state index in [0.29, 0.717) is 6.54 Å². The highest BCUT2D eigenvalue weighted by Crippen LogP contribution is 2.17. The van der Waals surface area contributed by atoms with Crippen LogP contribution in [0.25, 0.3) is 0 Å². The fourth-order valence-corrected chi connectivity index (χ4v) is 2.63. The third-order valence-electron chi connectivity index (χ3n) is 3.89. The molecule has 0 aliphatic carbocycles. The van der Waals surface area contributed by atoms with Crippen LogP contribution in [0.1, 0.15) is 24.8 Å². The number of nitro groups is 1. The maximum Gasteiger partial charge on any atom is 0.273 e. The van der Waals surface area contributed by atoms with Gasteiger partial charge in [-0.05, 0) is 32.4 Å². The molecule has 1 aromatic rings. The molecular weight excluding hydrogens is 270 g/mol. The first kappa shape index (κ1) is 15.9. The number of benzene rings is 1. The van der Waals surface area contributed by atoms with Gasteiger partial charge >= 0.3 is 0 Å². The smallest absolute Gasteiger partial charge is 0.273 e. The molecule has 0 spiro atoms. The van der Waals surface area contributed by atoms with Gasteiger partial charge in [0.25, 0.3) is 5.69 Å². The Hall–Kier alpha value is -1.50. The van der Waals surface area contributed by atoms with Gasteiger partial charge in [0.15, 0.2) is 0 Å². The van der Waals surface area contributed by atoms with E-state index in [4.69, 9.17) is 0 Å². The number of para-hydroxylation sites is 1. The first-order chi connectivity index (χ1) is 10.2. The average molecular weight is 293 g/mol. The molecule has 0 radical (unpaired) electrons. The molecular formula is C15H23N3O3. The van der Waals surface area contributed by atoms with Crippen LogP contribution in [0.4, 0.5) is 5.69 Å². The van der Waals surface area contributed by atoms with Crippen LogP contribution in [0.2, 0.25) is 0 Å². The topological polar surface area (TPSA) is 78.6 Å². The van der Waals surface area contributed by atoms with Crippen LogP contribution in [0, 0.1) is 10.1 Å². The summed E-state index contributed by atoms with van der Waals surface area (Å²) < 4.78 is 0. The lowest BCUT2D eigenvalue weighted by molar-refractivity contribution is -0.385. The first-order valence-electron chi connectivity index (χ1n) is 7.50. The predicted molar refractivity (Wildman–Crippen MR) is 81.1 cm³/mol. The van der Waals surface area contributed by atoms with Crippen molar-refractivity contribution in [2.75, 3.05) is 26.2 Å². The molecule has 0 amide bonds. The van der Waals surface area contributed by atoms with Crippen molar-refractivity contribution >= 4 is 5.69 Å². The Labute approximate surface area is 124 Å². The molecule has 1 aliphatic heterocycles. The molecule has 6 nitrogen and oxygen atoms in total. The average Bonchev–Trinajstić information content (AvgIpc) is 2.49. The lowest BCUT2D eigenvalue weighted by atomic mass is 10.1. The molecule has 6 heteroatoms. The Morgan fingerprint density at radius 1 is 1.33 bits per heavy atom. The van der Waals surface area contributed by atoms with Crippen molar-refractivity contribution in [2.24, 2.45) is 0 Å². The minimum absolute atomic E-state index is 0.127. The molecule has 0 bridgehead atoms. The predicted octanol–water partition coefficient (Wildman–Crippen LogP) is 1.53. The molecule has 0 saturated carbocycles. The second-order valence-corrected chi connectivity index (χ2v) is 5.49. The summed E-state index contributed by atoms with van der Waals surface area (Å²) in [6.45, 7) is 4.30. The van der Waals surface area contributed by atoms with E-state index in [-0.39, 0.29) is 16.7 Å². The van der Waals surface area contributed by atoms with E-state index in [0.717, 1.165) is 51.0 Å². The fourth-order valence-electron chi connectivity index (χ4n) is 2.63. The van der Waals surface area contributed by atoms with E-state index in [1.807, 2.05) is 6.07 Å². The number of aliphatic hydroxyl groups excluding tert-OH is 1. The van der Waals surface area contributed by atoms with Gasteiger partial charge in [-0.2, -0.15) is 0 Å². The van der Waals surface area contributed by atoms with E-state index >= 15 is 0 Å². The summed E-state index contributed by atoms with van der Waals surface area (Å²) in [5.41, 5.74) is 0.901. The monoisotopic (exact) mass is 293 g/mol. The summed E-state index contributed by atoms with van der Waals surface area (Å²) in [5.74, 6) is 0. The van der Waals surface area contributed by atoms with Gasteiger partial charge in [-0.1, -0.05) is 18.2 Å². The maximum atomic E-state index is 10.9. The molecule has 116 valence electrons. The molecule has 1 aliphatic rings. The van der Waals surface area contributed by atoms with Crippen LogP contribution < -0.4 is 5.32 Å². The zero-order valence-corrected chi connectivity index (χ0v) is 12.2. The van der Waals surface area contributed by atoms with Crippen LogP contribution in [0.5, 0.6) is 0 Å². The van der Waals surface area contributed by atoms with Gasteiger partial charge in [-0.15, -0.1) is 0 Å². The minimum atomic E-state index is -0.337. The standard InChI is InChI=1S/C15H23N3O3/c19-14-6-10-17(11-7-14)9-3-8-16-12-13-4-1-2-5-15(13)18(20)21/h1-2,4-5,14,16,19H,3,6-12H2. The third-order valence-corrected chi connectivity index (χ3v) is 3.89. The van der Waals surface area contributed by atoms with Crippen molar-refractivity contribution in [1.29, 1.82) is 0 Å². The number of aliphatic hydroxyl groups is 1. The number of hydrogen-bond acceptors (Lipinski definition) is 5. The Balaban J connectivity index is 1.65. The summed E-state index contributed by atoms with van der Waals surface area (Å²) in [5, 5.41) is 23.6. The summed E-state index contributed by atoms with van der Waals surface area (Å²) in [6.07, 6.45) is 2.61. The largest absolute Gasteiger partial charge is 0.393 e. The normalized spacial score (nSPS) is 17.0. The van der Waals surface area contributed by atoms with Gasteiger partial charge in [-0.3, -0.25) is 10.1 Å². The van der Waals surface area contributed by atoms with Crippen molar-refractivity contribution in [3.8, 4) is 0 Å². The molecule has 0 aromatic heterocycles. The van der Waals surface area contributed by atoms with Gasteiger partial charge in [0.2, 0.25) is 0 Å². The Morgan fingerprint density at radius 2 is 2.05 bits per heavy atom. The van der Waals surface area contributed by atoms with Crippen LogP contribution in [-0.4, -0.2) is 47.2 Å². The summed E-state index contributed by atoms with van der Waals surface area (Å²) in [6, 6.07) is 6.84. The first-order valence-corrected chi connectivity index (χ1v) is 7.50.